The third-order valence-corrected chi connectivity index (χ3v) is 5.41. The van der Waals surface area contributed by atoms with Gasteiger partial charge in [-0.15, -0.1) is 0 Å². The summed E-state index contributed by atoms with van der Waals surface area (Å²) < 4.78 is 4.04. The smallest absolute Gasteiger partial charge is 0.370 e. The maximum absolute atomic E-state index is 11.1. The topological polar surface area (TPSA) is 76.6 Å². The van der Waals surface area contributed by atoms with Gasteiger partial charge in [-0.1, -0.05) is 48.5 Å². The van der Waals surface area contributed by atoms with E-state index in [-0.39, 0.29) is 12.3 Å². The van der Waals surface area contributed by atoms with Gasteiger partial charge in [-0.3, -0.25) is 4.79 Å². The van der Waals surface area contributed by atoms with E-state index >= 15 is 0 Å². The largest absolute Gasteiger partial charge is 0.408 e. The molecule has 0 aliphatic rings. The molecule has 0 atom stereocenters. The highest BCUT2D eigenvalue weighted by Crippen LogP contribution is 2.40. The van der Waals surface area contributed by atoms with Gasteiger partial charge in [-0.25, -0.2) is 4.57 Å². The molecule has 28 heavy (non-hydrogen) atoms. The Kier molecular flexibility index (Phi) is 4.99. The molecule has 1 amide bonds. The van der Waals surface area contributed by atoms with Crippen molar-refractivity contribution in [1.82, 2.24) is 4.57 Å². The van der Waals surface area contributed by atoms with Gasteiger partial charge in [0.2, 0.25) is 5.91 Å². The Morgan fingerprint density at radius 1 is 1.11 bits per heavy atom. The second-order valence-electron chi connectivity index (χ2n) is 6.43. The molecule has 0 bridgehead atoms. The average Bonchev–Trinajstić information content (AvgIpc) is 3.28. The van der Waals surface area contributed by atoms with Gasteiger partial charge >= 0.3 is 5.13 Å². The molecular weight excluding hydrogens is 370 g/mol. The van der Waals surface area contributed by atoms with Crippen molar-refractivity contribution < 1.29 is 9.36 Å². The van der Waals surface area contributed by atoms with Gasteiger partial charge in [0.1, 0.15) is 18.4 Å². The molecule has 140 valence electrons. The number of aryl methyl sites for hydroxylation is 2. The Hall–Kier alpha value is -3.32. The number of hydrogen-bond donors (Lipinski definition) is 1. The van der Waals surface area contributed by atoms with E-state index in [2.05, 4.69) is 39.1 Å². The number of azo groups is 1. The Bertz CT molecular complexity index is 1160. The fourth-order valence-corrected chi connectivity index (χ4v) is 3.98. The highest BCUT2D eigenvalue weighted by molar-refractivity contribution is 7.12. The van der Waals surface area contributed by atoms with Gasteiger partial charge in [-0.2, -0.15) is 0 Å². The summed E-state index contributed by atoms with van der Waals surface area (Å²) in [6, 6.07) is 18.4. The van der Waals surface area contributed by atoms with Crippen LogP contribution in [0.4, 0.5) is 10.8 Å². The zero-order valence-corrected chi connectivity index (χ0v) is 16.3. The number of benzene rings is 2. The first kappa shape index (κ1) is 18.1. The maximum Gasteiger partial charge on any atom is 0.408 e. The predicted molar refractivity (Wildman–Crippen MR) is 111 cm³/mol. The van der Waals surface area contributed by atoms with Crippen molar-refractivity contribution in [2.24, 2.45) is 23.0 Å². The van der Waals surface area contributed by atoms with Crippen molar-refractivity contribution in [1.29, 1.82) is 0 Å². The van der Waals surface area contributed by atoms with Crippen molar-refractivity contribution in [3.8, 4) is 11.3 Å². The number of para-hydroxylation sites is 1. The number of amides is 1. The Balaban J connectivity index is 1.80. The van der Waals surface area contributed by atoms with E-state index in [9.17, 15) is 4.79 Å². The number of rotatable bonds is 6. The molecule has 6 nitrogen and oxygen atoms in total. The van der Waals surface area contributed by atoms with Crippen molar-refractivity contribution in [2.75, 3.05) is 0 Å². The summed E-state index contributed by atoms with van der Waals surface area (Å²) in [4.78, 5) is 11.1. The molecule has 2 heterocycles. The summed E-state index contributed by atoms with van der Waals surface area (Å²) in [5, 5.41) is 12.9. The summed E-state index contributed by atoms with van der Waals surface area (Å²) in [7, 11) is 2.04. The van der Waals surface area contributed by atoms with Crippen LogP contribution in [0.3, 0.4) is 0 Å². The second kappa shape index (κ2) is 7.74. The molecule has 2 aromatic carbocycles. The van der Waals surface area contributed by atoms with Gasteiger partial charge in [-0.05, 0) is 22.5 Å². The van der Waals surface area contributed by atoms with Crippen LogP contribution in [0.5, 0.6) is 0 Å². The van der Waals surface area contributed by atoms with E-state index in [1.165, 1.54) is 11.3 Å². The fraction of sp³-hybridized carbons (Fsp3) is 0.143. The molecule has 0 saturated carbocycles. The van der Waals surface area contributed by atoms with Crippen molar-refractivity contribution in [2.45, 2.75) is 13.0 Å². The number of fused-ring (bicyclic) bond motifs is 1. The SMILES string of the molecule is Cn1c(-c2ccccc2)c(N=Nc2scc[n+]2CCC(N)=O)c2ccccc21. The molecule has 2 N–H and O–H groups in total. The van der Waals surface area contributed by atoms with E-state index in [1.54, 1.807) is 0 Å². The number of carbonyl (C=O) groups is 1. The molecule has 0 radical (unpaired) electrons. The van der Waals surface area contributed by atoms with E-state index in [0.717, 1.165) is 33.0 Å². The monoisotopic (exact) mass is 390 g/mol. The lowest BCUT2D eigenvalue weighted by Gasteiger charge is -2.04. The summed E-state index contributed by atoms with van der Waals surface area (Å²) in [5.41, 5.74) is 9.31. The number of primary amides is 1. The number of nitrogens with zero attached hydrogens (tertiary/aromatic N) is 4. The highest BCUT2D eigenvalue weighted by Gasteiger charge is 2.19. The lowest BCUT2D eigenvalue weighted by atomic mass is 10.1. The van der Waals surface area contributed by atoms with Crippen molar-refractivity contribution >= 4 is 39.0 Å². The number of nitrogens with two attached hydrogens (primary N) is 1. The Morgan fingerprint density at radius 2 is 1.86 bits per heavy atom. The first-order chi connectivity index (χ1) is 13.6. The van der Waals surface area contributed by atoms with E-state index in [0.29, 0.717) is 6.54 Å². The highest BCUT2D eigenvalue weighted by atomic mass is 32.1. The van der Waals surface area contributed by atoms with Crippen LogP contribution in [0.25, 0.3) is 22.2 Å². The zero-order valence-electron chi connectivity index (χ0n) is 15.4. The minimum atomic E-state index is -0.331. The molecule has 0 saturated heterocycles. The third-order valence-electron chi connectivity index (χ3n) is 4.62. The second-order valence-corrected chi connectivity index (χ2v) is 7.31. The molecule has 0 fully saturated rings. The Labute approximate surface area is 166 Å². The van der Waals surface area contributed by atoms with Gasteiger partial charge in [0, 0.05) is 23.4 Å². The Morgan fingerprint density at radius 3 is 2.64 bits per heavy atom. The number of aromatic nitrogens is 2. The van der Waals surface area contributed by atoms with Crippen molar-refractivity contribution in [3.63, 3.8) is 0 Å². The number of thiazole rings is 1. The molecule has 0 aliphatic heterocycles. The molecule has 0 spiro atoms. The lowest BCUT2D eigenvalue weighted by molar-refractivity contribution is -0.679. The minimum Gasteiger partial charge on any atom is -0.370 e. The lowest BCUT2D eigenvalue weighted by Crippen LogP contribution is -2.33. The first-order valence-corrected chi connectivity index (χ1v) is 9.83. The van der Waals surface area contributed by atoms with E-state index in [4.69, 9.17) is 5.73 Å². The third kappa shape index (κ3) is 3.44. The molecule has 4 rings (SSSR count). The van der Waals surface area contributed by atoms with Gasteiger partial charge in [0.15, 0.2) is 0 Å². The fourth-order valence-electron chi connectivity index (χ4n) is 3.27. The normalized spacial score (nSPS) is 11.5. The molecule has 2 aromatic heterocycles. The average molecular weight is 390 g/mol. The number of hydrogen-bond acceptors (Lipinski definition) is 4. The van der Waals surface area contributed by atoms with E-state index < -0.39 is 0 Å². The molecule has 0 unspecified atom stereocenters. The van der Waals surface area contributed by atoms with Crippen LogP contribution in [-0.4, -0.2) is 10.5 Å². The first-order valence-electron chi connectivity index (χ1n) is 8.95. The summed E-state index contributed by atoms with van der Waals surface area (Å²) >= 11 is 1.48. The van der Waals surface area contributed by atoms with Crippen LogP contribution in [0.15, 0.2) is 76.4 Å². The quantitative estimate of drug-likeness (QED) is 0.382. The van der Waals surface area contributed by atoms with Crippen LogP contribution >= 0.6 is 11.3 Å². The van der Waals surface area contributed by atoms with Crippen LogP contribution in [0.1, 0.15) is 6.42 Å². The molecule has 0 aliphatic carbocycles. The molecule has 7 heteroatoms. The zero-order chi connectivity index (χ0) is 19.5. The van der Waals surface area contributed by atoms with Crippen LogP contribution < -0.4 is 10.3 Å². The standard InChI is InChI=1S/C21H19N5OS/c1-25-17-10-6-5-9-16(17)19(20(25)15-7-3-2-4-8-15)23-24-21-26(13-14-28-21)12-11-18(22)27/h2-10,13-14H,11-12H2,1H3,(H-,22,27)/p+1. The molecular formula is C21H20N5OS+. The van der Waals surface area contributed by atoms with E-state index in [1.807, 2.05) is 53.5 Å². The van der Waals surface area contributed by atoms with Crippen LogP contribution in [0, 0.1) is 0 Å². The van der Waals surface area contributed by atoms with Gasteiger partial charge in [0.25, 0.3) is 0 Å². The minimum absolute atomic E-state index is 0.271. The predicted octanol–water partition coefficient (Wildman–Crippen LogP) is 4.49. The summed E-state index contributed by atoms with van der Waals surface area (Å²) in [5.74, 6) is -0.331. The van der Waals surface area contributed by atoms with Crippen LogP contribution in [0.2, 0.25) is 0 Å². The summed E-state index contributed by atoms with van der Waals surface area (Å²) in [6.45, 7) is 0.494. The van der Waals surface area contributed by atoms with Gasteiger partial charge in [0.05, 0.1) is 22.7 Å². The van der Waals surface area contributed by atoms with Crippen LogP contribution in [-0.2, 0) is 18.4 Å². The molecule has 4 aromatic rings. The van der Waals surface area contributed by atoms with Crippen molar-refractivity contribution in [3.05, 3.63) is 66.2 Å². The summed E-state index contributed by atoms with van der Waals surface area (Å²) in [6.07, 6.45) is 2.16. The number of carbonyl (C=O) groups excluding carboxylic acids is 1. The maximum atomic E-state index is 11.1. The van der Waals surface area contributed by atoms with Gasteiger partial charge < -0.3 is 10.3 Å².